The van der Waals surface area contributed by atoms with E-state index in [0.717, 1.165) is 19.4 Å². The maximum atomic E-state index is 5.24. The number of hydrogen-bond acceptors (Lipinski definition) is 5. The molecule has 0 aliphatic carbocycles. The van der Waals surface area contributed by atoms with Crippen LogP contribution in [0.3, 0.4) is 0 Å². The Balaban J connectivity index is 2.63. The van der Waals surface area contributed by atoms with Gasteiger partial charge in [-0.1, -0.05) is 32.9 Å². The lowest BCUT2D eigenvalue weighted by Gasteiger charge is -2.30. The first kappa shape index (κ1) is 15.1. The summed E-state index contributed by atoms with van der Waals surface area (Å²) < 4.78 is 10.2. The van der Waals surface area contributed by atoms with Gasteiger partial charge in [0, 0.05) is 19.6 Å². The molecule has 1 rings (SSSR count). The fourth-order valence-electron chi connectivity index (χ4n) is 1.74. The van der Waals surface area contributed by atoms with Crippen LogP contribution < -0.4 is 5.32 Å². The Morgan fingerprint density at radius 2 is 2.11 bits per heavy atom. The lowest BCUT2D eigenvalue weighted by molar-refractivity contribution is 0.174. The van der Waals surface area contributed by atoms with E-state index >= 15 is 0 Å². The Morgan fingerprint density at radius 3 is 2.67 bits per heavy atom. The van der Waals surface area contributed by atoms with E-state index in [0.29, 0.717) is 24.4 Å². The summed E-state index contributed by atoms with van der Waals surface area (Å²) in [7, 11) is 1.62. The fraction of sp³-hybridized carbons (Fsp3) is 0.846. The van der Waals surface area contributed by atoms with Gasteiger partial charge < -0.3 is 14.6 Å². The monoisotopic (exact) mass is 255 g/mol. The molecule has 0 aromatic carbocycles. The average molecular weight is 255 g/mol. The van der Waals surface area contributed by atoms with Crippen molar-refractivity contribution in [3.63, 3.8) is 0 Å². The predicted octanol–water partition coefficient (Wildman–Crippen LogP) is 2.17. The second-order valence-corrected chi connectivity index (χ2v) is 5.61. The fourth-order valence-corrected chi connectivity index (χ4v) is 1.74. The van der Waals surface area contributed by atoms with Crippen molar-refractivity contribution in [1.29, 1.82) is 0 Å². The number of rotatable bonds is 7. The molecule has 0 saturated carbocycles. The van der Waals surface area contributed by atoms with Gasteiger partial charge in [0.15, 0.2) is 5.82 Å². The lowest BCUT2D eigenvalue weighted by atomic mass is 9.84. The topological polar surface area (TPSA) is 60.2 Å². The molecular weight excluding hydrogens is 230 g/mol. The van der Waals surface area contributed by atoms with Gasteiger partial charge in [0.25, 0.3) is 0 Å². The highest BCUT2D eigenvalue weighted by atomic mass is 16.5. The van der Waals surface area contributed by atoms with Gasteiger partial charge >= 0.3 is 0 Å². The molecular formula is C13H25N3O2. The van der Waals surface area contributed by atoms with Crippen LogP contribution in [-0.4, -0.2) is 29.8 Å². The number of methoxy groups -OCH3 is 1. The molecule has 0 spiro atoms. The molecule has 1 aromatic heterocycles. The summed E-state index contributed by atoms with van der Waals surface area (Å²) in [6.07, 6.45) is 1.87. The molecule has 18 heavy (non-hydrogen) atoms. The summed E-state index contributed by atoms with van der Waals surface area (Å²) in [5.41, 5.74) is 0.158. The van der Waals surface area contributed by atoms with Crippen molar-refractivity contribution in [2.45, 2.75) is 53.2 Å². The molecule has 1 aromatic rings. The van der Waals surface area contributed by atoms with Crippen LogP contribution in [0.5, 0.6) is 0 Å². The molecule has 0 saturated heterocycles. The van der Waals surface area contributed by atoms with Crippen LogP contribution in [0, 0.1) is 5.41 Å². The van der Waals surface area contributed by atoms with E-state index in [4.69, 9.17) is 9.26 Å². The van der Waals surface area contributed by atoms with Crippen LogP contribution in [0.4, 0.5) is 0 Å². The van der Waals surface area contributed by atoms with Crippen LogP contribution in [0.1, 0.15) is 45.8 Å². The Kier molecular flexibility index (Phi) is 5.75. The highest BCUT2D eigenvalue weighted by Gasteiger charge is 2.26. The smallest absolute Gasteiger partial charge is 0.228 e. The van der Waals surface area contributed by atoms with Crippen molar-refractivity contribution in [3.8, 4) is 0 Å². The van der Waals surface area contributed by atoms with Gasteiger partial charge in [-0.15, -0.1) is 0 Å². The van der Waals surface area contributed by atoms with Gasteiger partial charge in [-0.2, -0.15) is 4.98 Å². The minimum absolute atomic E-state index is 0.158. The van der Waals surface area contributed by atoms with Crippen LogP contribution in [0.2, 0.25) is 0 Å². The Bertz CT molecular complexity index is 344. The van der Waals surface area contributed by atoms with E-state index in [-0.39, 0.29) is 5.41 Å². The van der Waals surface area contributed by atoms with Crippen molar-refractivity contribution in [2.24, 2.45) is 5.41 Å². The van der Waals surface area contributed by atoms with Gasteiger partial charge in [0.05, 0.1) is 0 Å². The van der Waals surface area contributed by atoms with Gasteiger partial charge in [-0.3, -0.25) is 0 Å². The third kappa shape index (κ3) is 4.74. The van der Waals surface area contributed by atoms with Crippen molar-refractivity contribution < 1.29 is 9.26 Å². The molecule has 104 valence electrons. The summed E-state index contributed by atoms with van der Waals surface area (Å²) in [5, 5.41) is 7.42. The van der Waals surface area contributed by atoms with Gasteiger partial charge in [-0.25, -0.2) is 0 Å². The van der Waals surface area contributed by atoms with Crippen molar-refractivity contribution in [3.05, 3.63) is 11.7 Å². The Labute approximate surface area is 109 Å². The van der Waals surface area contributed by atoms with Crippen molar-refractivity contribution in [1.82, 2.24) is 15.5 Å². The summed E-state index contributed by atoms with van der Waals surface area (Å²) in [4.78, 5) is 4.32. The summed E-state index contributed by atoms with van der Waals surface area (Å²) >= 11 is 0. The van der Waals surface area contributed by atoms with Crippen molar-refractivity contribution in [2.75, 3.05) is 13.7 Å². The molecule has 0 fully saturated rings. The van der Waals surface area contributed by atoms with E-state index in [1.54, 1.807) is 7.11 Å². The molecule has 1 atom stereocenters. The number of ether oxygens (including phenoxy) is 1. The lowest BCUT2D eigenvalue weighted by Crippen LogP contribution is -2.42. The highest BCUT2D eigenvalue weighted by molar-refractivity contribution is 4.92. The molecule has 0 amide bonds. The number of aromatic nitrogens is 2. The van der Waals surface area contributed by atoms with E-state index in [9.17, 15) is 0 Å². The van der Waals surface area contributed by atoms with Gasteiger partial charge in [-0.05, 0) is 18.4 Å². The molecule has 1 unspecified atom stereocenters. The minimum atomic E-state index is 0.158. The highest BCUT2D eigenvalue weighted by Crippen LogP contribution is 2.22. The summed E-state index contributed by atoms with van der Waals surface area (Å²) in [6, 6.07) is 0.327. The first-order valence-electron chi connectivity index (χ1n) is 6.51. The number of nitrogens with one attached hydrogen (secondary N) is 1. The molecule has 1 heterocycles. The maximum Gasteiger partial charge on any atom is 0.228 e. The molecule has 0 aliphatic heterocycles. The van der Waals surface area contributed by atoms with E-state index in [1.165, 1.54) is 0 Å². The normalized spacial score (nSPS) is 13.8. The largest absolute Gasteiger partial charge is 0.377 e. The molecule has 0 radical (unpaired) electrons. The van der Waals surface area contributed by atoms with Crippen LogP contribution in [0.15, 0.2) is 4.52 Å². The standard InChI is InChI=1S/C13H25N3O2/c1-6-7-14-10(13(2,3)4)8-12-15-11(9-17-5)16-18-12/h10,14H,6-9H2,1-5H3. The summed E-state index contributed by atoms with van der Waals surface area (Å²) in [6.45, 7) is 10.2. The van der Waals surface area contributed by atoms with Crippen LogP contribution in [-0.2, 0) is 17.8 Å². The number of nitrogens with zero attached hydrogens (tertiary/aromatic N) is 2. The van der Waals surface area contributed by atoms with Gasteiger partial charge in [0.1, 0.15) is 6.61 Å². The van der Waals surface area contributed by atoms with Crippen LogP contribution in [0.25, 0.3) is 0 Å². The zero-order valence-corrected chi connectivity index (χ0v) is 12.1. The zero-order chi connectivity index (χ0) is 13.6. The molecule has 5 nitrogen and oxygen atoms in total. The molecule has 5 heteroatoms. The Morgan fingerprint density at radius 1 is 1.39 bits per heavy atom. The first-order chi connectivity index (χ1) is 8.47. The first-order valence-corrected chi connectivity index (χ1v) is 6.51. The quantitative estimate of drug-likeness (QED) is 0.809. The SMILES string of the molecule is CCCNC(Cc1nc(COC)no1)C(C)(C)C. The number of hydrogen-bond donors (Lipinski definition) is 1. The third-order valence-corrected chi connectivity index (χ3v) is 2.85. The second-order valence-electron chi connectivity index (χ2n) is 5.61. The van der Waals surface area contributed by atoms with E-state index in [2.05, 4.69) is 43.2 Å². The second kappa shape index (κ2) is 6.85. The van der Waals surface area contributed by atoms with E-state index in [1.807, 2.05) is 0 Å². The maximum absolute atomic E-state index is 5.24. The van der Waals surface area contributed by atoms with Gasteiger partial charge in [0.2, 0.25) is 5.89 Å². The van der Waals surface area contributed by atoms with E-state index < -0.39 is 0 Å². The minimum Gasteiger partial charge on any atom is -0.377 e. The Hall–Kier alpha value is -0.940. The molecule has 0 aliphatic rings. The third-order valence-electron chi connectivity index (χ3n) is 2.85. The van der Waals surface area contributed by atoms with Crippen LogP contribution >= 0.6 is 0 Å². The zero-order valence-electron chi connectivity index (χ0n) is 12.1. The predicted molar refractivity (Wildman–Crippen MR) is 70.3 cm³/mol. The molecule has 0 bridgehead atoms. The summed E-state index contributed by atoms with van der Waals surface area (Å²) in [5.74, 6) is 1.28. The molecule has 1 N–H and O–H groups in total. The van der Waals surface area contributed by atoms with Crippen molar-refractivity contribution >= 4 is 0 Å². The average Bonchev–Trinajstić information content (AvgIpc) is 2.71.